The molecule has 0 aliphatic carbocycles. The van der Waals surface area contributed by atoms with Gasteiger partial charge in [-0.2, -0.15) is 0 Å². The number of benzene rings is 3. The van der Waals surface area contributed by atoms with Crippen LogP contribution in [0, 0.1) is 13.8 Å². The lowest BCUT2D eigenvalue weighted by atomic mass is 10.1. The third-order valence-electron chi connectivity index (χ3n) is 7.18. The molecule has 3 aromatic carbocycles. The monoisotopic (exact) mass is 595 g/mol. The Morgan fingerprint density at radius 2 is 1.48 bits per heavy atom. The highest BCUT2D eigenvalue weighted by Crippen LogP contribution is 2.36. The topological polar surface area (TPSA) is 105 Å². The lowest BCUT2D eigenvalue weighted by molar-refractivity contribution is -0.139. The molecule has 0 aliphatic rings. The van der Waals surface area contributed by atoms with Gasteiger partial charge in [0.25, 0.3) is 10.0 Å². The zero-order valence-electron chi connectivity index (χ0n) is 25.4. The van der Waals surface area contributed by atoms with Crippen LogP contribution in [0.5, 0.6) is 11.5 Å². The van der Waals surface area contributed by atoms with Crippen molar-refractivity contribution in [3.8, 4) is 11.5 Å². The summed E-state index contributed by atoms with van der Waals surface area (Å²) < 4.78 is 40.2. The van der Waals surface area contributed by atoms with Gasteiger partial charge in [-0.1, -0.05) is 54.4 Å². The van der Waals surface area contributed by atoms with Gasteiger partial charge in [-0.05, 0) is 63.9 Å². The van der Waals surface area contributed by atoms with Crippen LogP contribution in [0.25, 0.3) is 0 Å². The SMILES string of the molecule is CC[C@@H](C)NC(=O)[C@H](C)N(Cc1ccc(C)cc1)C(=O)CN(c1cc(OC)ccc1OC)S(=O)(=O)c1ccc(C)cc1. The van der Waals surface area contributed by atoms with Gasteiger partial charge in [0.2, 0.25) is 11.8 Å². The Kier molecular flexibility index (Phi) is 11.0. The molecule has 1 N–H and O–H groups in total. The highest BCUT2D eigenvalue weighted by molar-refractivity contribution is 7.92. The average molecular weight is 596 g/mol. The molecule has 0 saturated carbocycles. The third kappa shape index (κ3) is 7.82. The Morgan fingerprint density at radius 3 is 2.02 bits per heavy atom. The number of ether oxygens (including phenoxy) is 2. The molecule has 0 unspecified atom stereocenters. The van der Waals surface area contributed by atoms with Crippen molar-refractivity contribution in [1.29, 1.82) is 0 Å². The van der Waals surface area contributed by atoms with Gasteiger partial charge in [0.15, 0.2) is 0 Å². The van der Waals surface area contributed by atoms with Gasteiger partial charge in [0.05, 0.1) is 24.8 Å². The molecule has 3 aromatic rings. The van der Waals surface area contributed by atoms with E-state index >= 15 is 0 Å². The van der Waals surface area contributed by atoms with E-state index in [-0.39, 0.29) is 34.8 Å². The molecule has 0 spiro atoms. The quantitative estimate of drug-likeness (QED) is 0.303. The molecule has 3 rings (SSSR count). The highest BCUT2D eigenvalue weighted by atomic mass is 32.2. The number of hydrogen-bond donors (Lipinski definition) is 1. The molecule has 0 heterocycles. The second kappa shape index (κ2) is 14.2. The molecule has 9 nitrogen and oxygen atoms in total. The fourth-order valence-corrected chi connectivity index (χ4v) is 5.70. The summed E-state index contributed by atoms with van der Waals surface area (Å²) in [5.41, 5.74) is 2.89. The molecule has 10 heteroatoms. The van der Waals surface area contributed by atoms with E-state index in [1.165, 1.54) is 37.3 Å². The number of sulfonamides is 1. The van der Waals surface area contributed by atoms with Gasteiger partial charge < -0.3 is 19.7 Å². The minimum absolute atomic E-state index is 0.0124. The second-order valence-corrected chi connectivity index (χ2v) is 12.2. The predicted octanol–water partition coefficient (Wildman–Crippen LogP) is 4.85. The van der Waals surface area contributed by atoms with Crippen molar-refractivity contribution in [3.05, 3.63) is 83.4 Å². The first-order chi connectivity index (χ1) is 19.9. The standard InChI is InChI=1S/C32H41N3O6S/c1-8-24(4)33-32(37)25(5)34(20-26-13-9-22(2)10-14-26)31(36)21-35(29-19-27(40-6)15-18-30(29)41-7)42(38,39)28-16-11-23(3)12-17-28/h9-19,24-25H,8,20-21H2,1-7H3,(H,33,37)/t24-,25+/m1/s1. The van der Waals surface area contributed by atoms with Crippen LogP contribution in [0.2, 0.25) is 0 Å². The molecule has 0 aliphatic heterocycles. The van der Waals surface area contributed by atoms with Crippen LogP contribution in [0.1, 0.15) is 43.9 Å². The summed E-state index contributed by atoms with van der Waals surface area (Å²) in [6.45, 7) is 8.85. The van der Waals surface area contributed by atoms with Crippen LogP contribution in [-0.2, 0) is 26.2 Å². The highest BCUT2D eigenvalue weighted by Gasteiger charge is 2.34. The van der Waals surface area contributed by atoms with Crippen molar-refractivity contribution in [2.24, 2.45) is 0 Å². The Hall–Kier alpha value is -4.05. The molecular formula is C32H41N3O6S. The number of rotatable bonds is 13. The lowest BCUT2D eigenvalue weighted by Crippen LogP contribution is -2.52. The van der Waals surface area contributed by atoms with Gasteiger partial charge in [0.1, 0.15) is 24.1 Å². The number of nitrogens with one attached hydrogen (secondary N) is 1. The van der Waals surface area contributed by atoms with E-state index in [0.717, 1.165) is 27.4 Å². The van der Waals surface area contributed by atoms with E-state index in [4.69, 9.17) is 9.47 Å². The molecule has 42 heavy (non-hydrogen) atoms. The van der Waals surface area contributed by atoms with Crippen LogP contribution in [0.4, 0.5) is 5.69 Å². The number of methoxy groups -OCH3 is 2. The predicted molar refractivity (Wildman–Crippen MR) is 164 cm³/mol. The molecule has 0 aromatic heterocycles. The largest absolute Gasteiger partial charge is 0.497 e. The summed E-state index contributed by atoms with van der Waals surface area (Å²) in [5, 5.41) is 2.94. The van der Waals surface area contributed by atoms with Crippen molar-refractivity contribution in [1.82, 2.24) is 10.2 Å². The van der Waals surface area contributed by atoms with E-state index in [1.807, 2.05) is 52.0 Å². The fourth-order valence-electron chi connectivity index (χ4n) is 4.28. The molecule has 0 bridgehead atoms. The van der Waals surface area contributed by atoms with E-state index in [0.29, 0.717) is 5.75 Å². The van der Waals surface area contributed by atoms with Gasteiger partial charge in [-0.25, -0.2) is 8.42 Å². The third-order valence-corrected chi connectivity index (χ3v) is 8.96. The Morgan fingerprint density at radius 1 is 0.881 bits per heavy atom. The number of nitrogens with zero attached hydrogens (tertiary/aromatic N) is 2. The number of hydrogen-bond acceptors (Lipinski definition) is 6. The van der Waals surface area contributed by atoms with E-state index in [1.54, 1.807) is 31.2 Å². The van der Waals surface area contributed by atoms with Crippen LogP contribution >= 0.6 is 0 Å². The molecule has 0 saturated heterocycles. The lowest BCUT2D eigenvalue weighted by Gasteiger charge is -2.33. The molecular weight excluding hydrogens is 554 g/mol. The smallest absolute Gasteiger partial charge is 0.264 e. The summed E-state index contributed by atoms with van der Waals surface area (Å²) in [6.07, 6.45) is 0.725. The number of carbonyl (C=O) groups is 2. The van der Waals surface area contributed by atoms with Crippen molar-refractivity contribution < 1.29 is 27.5 Å². The summed E-state index contributed by atoms with van der Waals surface area (Å²) in [4.78, 5) is 28.8. The van der Waals surface area contributed by atoms with Crippen LogP contribution < -0.4 is 19.1 Å². The zero-order valence-corrected chi connectivity index (χ0v) is 26.2. The van der Waals surface area contributed by atoms with Gasteiger partial charge in [0, 0.05) is 18.7 Å². The Balaban J connectivity index is 2.11. The van der Waals surface area contributed by atoms with E-state index in [9.17, 15) is 18.0 Å². The molecule has 2 amide bonds. The van der Waals surface area contributed by atoms with E-state index < -0.39 is 28.5 Å². The summed E-state index contributed by atoms with van der Waals surface area (Å²) in [5.74, 6) is -0.244. The van der Waals surface area contributed by atoms with Crippen molar-refractivity contribution in [2.45, 2.75) is 64.6 Å². The first kappa shape index (κ1) is 32.5. The number of carbonyl (C=O) groups excluding carboxylic acids is 2. The molecule has 0 fully saturated rings. The summed E-state index contributed by atoms with van der Waals surface area (Å²) in [7, 11) is -1.36. The zero-order chi connectivity index (χ0) is 31.0. The maximum atomic E-state index is 14.2. The Labute approximate surface area is 249 Å². The molecule has 2 atom stereocenters. The van der Waals surface area contributed by atoms with Crippen molar-refractivity contribution >= 4 is 27.5 Å². The van der Waals surface area contributed by atoms with Crippen molar-refractivity contribution in [3.63, 3.8) is 0 Å². The fraction of sp³-hybridized carbons (Fsp3) is 0.375. The van der Waals surface area contributed by atoms with Gasteiger partial charge in [-0.15, -0.1) is 0 Å². The van der Waals surface area contributed by atoms with Crippen LogP contribution in [-0.4, -0.2) is 58.0 Å². The summed E-state index contributed by atoms with van der Waals surface area (Å²) >= 11 is 0. The Bertz CT molecular complexity index is 1470. The minimum Gasteiger partial charge on any atom is -0.497 e. The van der Waals surface area contributed by atoms with Gasteiger partial charge in [-0.3, -0.25) is 13.9 Å². The second-order valence-electron chi connectivity index (χ2n) is 10.4. The first-order valence-electron chi connectivity index (χ1n) is 13.9. The normalized spacial score (nSPS) is 12.6. The van der Waals surface area contributed by atoms with E-state index in [2.05, 4.69) is 5.32 Å². The summed E-state index contributed by atoms with van der Waals surface area (Å²) in [6, 6.07) is 17.8. The molecule has 226 valence electrons. The number of anilines is 1. The molecule has 0 radical (unpaired) electrons. The maximum Gasteiger partial charge on any atom is 0.264 e. The van der Waals surface area contributed by atoms with Crippen LogP contribution in [0.3, 0.4) is 0 Å². The average Bonchev–Trinajstić information content (AvgIpc) is 2.98. The number of amides is 2. The first-order valence-corrected chi connectivity index (χ1v) is 15.3. The maximum absolute atomic E-state index is 14.2. The number of aryl methyl sites for hydroxylation is 2. The minimum atomic E-state index is -4.25. The van der Waals surface area contributed by atoms with Gasteiger partial charge >= 0.3 is 0 Å². The van der Waals surface area contributed by atoms with Crippen LogP contribution in [0.15, 0.2) is 71.6 Å². The van der Waals surface area contributed by atoms with Crippen molar-refractivity contribution in [2.75, 3.05) is 25.1 Å².